The molecule has 16 heavy (non-hydrogen) atoms. The van der Waals surface area contributed by atoms with Crippen LogP contribution in [0.25, 0.3) is 0 Å². The minimum absolute atomic E-state index is 0.000700. The molecule has 1 saturated carbocycles. The monoisotopic (exact) mass is 241 g/mol. The Kier molecular flexibility index (Phi) is 3.88. The van der Waals surface area contributed by atoms with E-state index in [0.717, 1.165) is 5.75 Å². The molecule has 1 aromatic heterocycles. The van der Waals surface area contributed by atoms with Crippen LogP contribution in [-0.4, -0.2) is 21.5 Å². The Hall–Kier alpha value is -0.970. The summed E-state index contributed by atoms with van der Waals surface area (Å²) in [6.45, 7) is 0. The van der Waals surface area contributed by atoms with E-state index in [-0.39, 0.29) is 5.69 Å². The van der Waals surface area contributed by atoms with Gasteiger partial charge in [-0.15, -0.1) is 0 Å². The molecule has 1 N–H and O–H groups in total. The maximum atomic E-state index is 10.6. The number of carboxylic acids is 1. The molecule has 0 amide bonds. The number of rotatable bonds is 4. The second-order valence-electron chi connectivity index (χ2n) is 4.05. The smallest absolute Gasteiger partial charge is 0.358 e. The molecule has 2 rings (SSSR count). The third-order valence-corrected chi connectivity index (χ3v) is 4.19. The predicted molar refractivity (Wildman–Crippen MR) is 61.6 cm³/mol. The number of nitrogens with zero attached hydrogens (tertiary/aromatic N) is 1. The fourth-order valence-electron chi connectivity index (χ4n) is 1.91. The van der Waals surface area contributed by atoms with Gasteiger partial charge in [0.15, 0.2) is 5.69 Å². The molecular weight excluding hydrogens is 226 g/mol. The summed E-state index contributed by atoms with van der Waals surface area (Å²) in [5, 5.41) is 12.9. The Balaban J connectivity index is 1.81. The first-order valence-corrected chi connectivity index (χ1v) is 6.61. The van der Waals surface area contributed by atoms with Crippen LogP contribution in [0.1, 0.15) is 48.4 Å². The van der Waals surface area contributed by atoms with Gasteiger partial charge in [-0.1, -0.05) is 24.4 Å². The van der Waals surface area contributed by atoms with Crippen LogP contribution in [-0.2, 0) is 5.75 Å². The molecule has 4 nitrogen and oxygen atoms in total. The molecule has 5 heteroatoms. The Morgan fingerprint density at radius 3 is 2.88 bits per heavy atom. The van der Waals surface area contributed by atoms with E-state index in [2.05, 4.69) is 5.16 Å². The van der Waals surface area contributed by atoms with E-state index in [9.17, 15) is 4.79 Å². The highest BCUT2D eigenvalue weighted by atomic mass is 32.2. The van der Waals surface area contributed by atoms with Gasteiger partial charge in [0.05, 0.1) is 5.75 Å². The summed E-state index contributed by atoms with van der Waals surface area (Å²) >= 11 is 1.85. The number of thioether (sulfide) groups is 1. The van der Waals surface area contributed by atoms with Crippen molar-refractivity contribution in [1.82, 2.24) is 5.16 Å². The molecule has 0 atom stereocenters. The van der Waals surface area contributed by atoms with Gasteiger partial charge in [-0.05, 0) is 12.8 Å². The SMILES string of the molecule is O=C(O)c1cc(CSC2CCCCC2)on1. The Morgan fingerprint density at radius 1 is 1.50 bits per heavy atom. The molecule has 1 aliphatic carbocycles. The van der Waals surface area contributed by atoms with Crippen LogP contribution in [0.4, 0.5) is 0 Å². The number of aromatic nitrogens is 1. The van der Waals surface area contributed by atoms with Crippen molar-refractivity contribution in [2.75, 3.05) is 0 Å². The lowest BCUT2D eigenvalue weighted by atomic mass is 10.0. The van der Waals surface area contributed by atoms with E-state index < -0.39 is 5.97 Å². The van der Waals surface area contributed by atoms with Gasteiger partial charge < -0.3 is 9.63 Å². The first-order valence-electron chi connectivity index (χ1n) is 5.56. The number of hydrogen-bond acceptors (Lipinski definition) is 4. The maximum absolute atomic E-state index is 10.6. The van der Waals surface area contributed by atoms with Crippen LogP contribution in [0.15, 0.2) is 10.6 Å². The van der Waals surface area contributed by atoms with Crippen LogP contribution < -0.4 is 0 Å². The largest absolute Gasteiger partial charge is 0.476 e. The number of hydrogen-bond donors (Lipinski definition) is 1. The third-order valence-electron chi connectivity index (χ3n) is 2.79. The van der Waals surface area contributed by atoms with Gasteiger partial charge in [-0.25, -0.2) is 4.79 Å². The van der Waals surface area contributed by atoms with E-state index in [0.29, 0.717) is 11.0 Å². The zero-order valence-electron chi connectivity index (χ0n) is 9.02. The van der Waals surface area contributed by atoms with Gasteiger partial charge in [0.2, 0.25) is 0 Å². The molecule has 1 aromatic rings. The van der Waals surface area contributed by atoms with Gasteiger partial charge in [0, 0.05) is 11.3 Å². The van der Waals surface area contributed by atoms with Crippen LogP contribution in [0.3, 0.4) is 0 Å². The number of carboxylic acid groups (broad SMARTS) is 1. The standard InChI is InChI=1S/C11H15NO3S/c13-11(14)10-6-8(15-12-10)7-16-9-4-2-1-3-5-9/h6,9H,1-5,7H2,(H,13,14). The van der Waals surface area contributed by atoms with Crippen molar-refractivity contribution in [1.29, 1.82) is 0 Å². The summed E-state index contributed by atoms with van der Waals surface area (Å²) < 4.78 is 4.97. The van der Waals surface area contributed by atoms with Crippen molar-refractivity contribution in [2.24, 2.45) is 0 Å². The minimum atomic E-state index is -1.03. The lowest BCUT2D eigenvalue weighted by Gasteiger charge is -2.20. The van der Waals surface area contributed by atoms with E-state index in [1.807, 2.05) is 11.8 Å². The first-order chi connectivity index (χ1) is 7.75. The Morgan fingerprint density at radius 2 is 2.25 bits per heavy atom. The molecule has 0 unspecified atom stereocenters. The van der Waals surface area contributed by atoms with E-state index >= 15 is 0 Å². The van der Waals surface area contributed by atoms with E-state index in [1.54, 1.807) is 0 Å². The summed E-state index contributed by atoms with van der Waals surface area (Å²) in [6.07, 6.45) is 6.51. The van der Waals surface area contributed by atoms with Gasteiger partial charge in [0.1, 0.15) is 5.76 Å². The Labute approximate surface area is 98.4 Å². The van der Waals surface area contributed by atoms with Crippen molar-refractivity contribution >= 4 is 17.7 Å². The molecule has 0 aromatic carbocycles. The average molecular weight is 241 g/mol. The third kappa shape index (κ3) is 3.01. The highest BCUT2D eigenvalue weighted by Crippen LogP contribution is 2.30. The highest BCUT2D eigenvalue weighted by molar-refractivity contribution is 7.99. The summed E-state index contributed by atoms with van der Waals surface area (Å²) in [5.41, 5.74) is -0.000700. The van der Waals surface area contributed by atoms with Gasteiger partial charge in [-0.3, -0.25) is 0 Å². The number of carbonyl (C=O) groups is 1. The fourth-order valence-corrected chi connectivity index (χ4v) is 3.12. The molecule has 1 aliphatic rings. The van der Waals surface area contributed by atoms with Crippen LogP contribution >= 0.6 is 11.8 Å². The van der Waals surface area contributed by atoms with Gasteiger partial charge in [0.25, 0.3) is 0 Å². The second-order valence-corrected chi connectivity index (χ2v) is 5.34. The summed E-state index contributed by atoms with van der Waals surface area (Å²) in [6, 6.07) is 1.51. The molecule has 0 spiro atoms. The van der Waals surface area contributed by atoms with Crippen molar-refractivity contribution < 1.29 is 14.4 Å². The molecule has 88 valence electrons. The fraction of sp³-hybridized carbons (Fsp3) is 0.636. The summed E-state index contributed by atoms with van der Waals surface area (Å²) in [7, 11) is 0. The van der Waals surface area contributed by atoms with Crippen LogP contribution in [0, 0.1) is 0 Å². The Bertz CT molecular complexity index is 358. The molecule has 1 fully saturated rings. The van der Waals surface area contributed by atoms with Crippen molar-refractivity contribution in [3.05, 3.63) is 17.5 Å². The quantitative estimate of drug-likeness (QED) is 0.878. The highest BCUT2D eigenvalue weighted by Gasteiger charge is 2.16. The molecule has 0 saturated heterocycles. The maximum Gasteiger partial charge on any atom is 0.358 e. The summed E-state index contributed by atoms with van der Waals surface area (Å²) in [5.74, 6) is 0.357. The van der Waals surface area contributed by atoms with Crippen molar-refractivity contribution in [3.63, 3.8) is 0 Å². The van der Waals surface area contributed by atoms with E-state index in [1.165, 1.54) is 38.2 Å². The minimum Gasteiger partial charge on any atom is -0.476 e. The summed E-state index contributed by atoms with van der Waals surface area (Å²) in [4.78, 5) is 10.6. The van der Waals surface area contributed by atoms with Crippen LogP contribution in [0.5, 0.6) is 0 Å². The van der Waals surface area contributed by atoms with Crippen LogP contribution in [0.2, 0.25) is 0 Å². The average Bonchev–Trinajstić information content (AvgIpc) is 2.76. The molecule has 0 aliphatic heterocycles. The van der Waals surface area contributed by atoms with Crippen molar-refractivity contribution in [2.45, 2.75) is 43.1 Å². The number of aromatic carboxylic acids is 1. The lowest BCUT2D eigenvalue weighted by Crippen LogP contribution is -2.07. The molecule has 0 radical (unpaired) electrons. The zero-order valence-corrected chi connectivity index (χ0v) is 9.83. The molecule has 0 bridgehead atoms. The molecular formula is C11H15NO3S. The normalized spacial score (nSPS) is 17.5. The lowest BCUT2D eigenvalue weighted by molar-refractivity contribution is 0.0685. The molecule has 1 heterocycles. The predicted octanol–water partition coefficient (Wildman–Crippen LogP) is 2.94. The van der Waals surface area contributed by atoms with Crippen molar-refractivity contribution in [3.8, 4) is 0 Å². The zero-order chi connectivity index (χ0) is 11.4. The first kappa shape index (κ1) is 11.5. The second kappa shape index (κ2) is 5.39. The van der Waals surface area contributed by atoms with Gasteiger partial charge >= 0.3 is 5.97 Å². The van der Waals surface area contributed by atoms with E-state index in [4.69, 9.17) is 9.63 Å². The topological polar surface area (TPSA) is 63.3 Å². The van der Waals surface area contributed by atoms with Gasteiger partial charge in [-0.2, -0.15) is 11.8 Å².